The Morgan fingerprint density at radius 3 is 2.18 bits per heavy atom. The van der Waals surface area contributed by atoms with Crippen molar-refractivity contribution in [2.45, 2.75) is 116 Å². The average Bonchev–Trinajstić information content (AvgIpc) is 3.61. The molecule has 4 N–H and O–H groups in total. The van der Waals surface area contributed by atoms with Gasteiger partial charge in [0, 0.05) is 18.9 Å². The Balaban J connectivity index is 0.000000785. The molecule has 5 atom stereocenters. The molecule has 1 aromatic heterocycles. The molecule has 2 aliphatic carbocycles. The summed E-state index contributed by atoms with van der Waals surface area (Å²) >= 11 is 0. The maximum absolute atomic E-state index is 13.9. The van der Waals surface area contributed by atoms with Crippen LogP contribution in [0.25, 0.3) is 0 Å². The lowest BCUT2D eigenvalue weighted by atomic mass is 9.85. The van der Waals surface area contributed by atoms with Crippen LogP contribution in [0.3, 0.4) is 0 Å². The van der Waals surface area contributed by atoms with E-state index in [2.05, 4.69) is 25.9 Å². The Morgan fingerprint density at radius 1 is 0.977 bits per heavy atom. The Hall–Kier alpha value is -3.57. The van der Waals surface area contributed by atoms with Gasteiger partial charge in [-0.2, -0.15) is 0 Å². The number of nitrogens with zero attached hydrogens (tertiary/aromatic N) is 3. The van der Waals surface area contributed by atoms with Crippen LogP contribution in [0, 0.1) is 17.3 Å². The molecule has 0 radical (unpaired) electrons. The summed E-state index contributed by atoms with van der Waals surface area (Å²) in [6.45, 7) is 7.26. The topological polar surface area (TPSA) is 171 Å². The summed E-state index contributed by atoms with van der Waals surface area (Å²) in [7, 11) is 0. The number of carbonyl (C=O) groups is 5. The van der Waals surface area contributed by atoms with Crippen LogP contribution in [0.2, 0.25) is 0 Å². The van der Waals surface area contributed by atoms with Crippen molar-refractivity contribution in [2.24, 2.45) is 17.3 Å². The van der Waals surface area contributed by atoms with Crippen molar-refractivity contribution < 1.29 is 29.1 Å². The van der Waals surface area contributed by atoms with E-state index in [1.165, 1.54) is 62.0 Å². The molecule has 44 heavy (non-hydrogen) atoms. The van der Waals surface area contributed by atoms with Gasteiger partial charge in [-0.3, -0.25) is 24.2 Å². The first-order valence-corrected chi connectivity index (χ1v) is 16.1. The molecule has 3 fully saturated rings. The van der Waals surface area contributed by atoms with E-state index in [1.54, 1.807) is 0 Å². The number of rotatable bonds is 10. The molecule has 12 nitrogen and oxygen atoms in total. The molecule has 2 saturated carbocycles. The first kappa shape index (κ1) is 34.9. The predicted molar refractivity (Wildman–Crippen MR) is 164 cm³/mol. The molecule has 2 heterocycles. The first-order valence-electron chi connectivity index (χ1n) is 16.1. The molecule has 0 bridgehead atoms. The molecule has 4 rings (SSSR count). The lowest BCUT2D eigenvalue weighted by Crippen LogP contribution is -2.60. The number of hydrogen-bond acceptors (Lipinski definition) is 7. The van der Waals surface area contributed by atoms with E-state index >= 15 is 0 Å². The van der Waals surface area contributed by atoms with Crippen molar-refractivity contribution in [1.82, 2.24) is 30.8 Å². The fourth-order valence-electron chi connectivity index (χ4n) is 6.43. The number of amides is 4. The molecule has 5 unspecified atom stereocenters. The quantitative estimate of drug-likeness (QED) is 0.311. The maximum atomic E-state index is 13.9. The largest absolute Gasteiger partial charge is 0.480 e. The Morgan fingerprint density at radius 2 is 1.64 bits per heavy atom. The zero-order chi connectivity index (χ0) is 32.3. The lowest BCUT2D eigenvalue weighted by Gasteiger charge is -2.36. The summed E-state index contributed by atoms with van der Waals surface area (Å²) in [6.07, 6.45) is 16.5. The number of hydrogen-bond donors (Lipinski definition) is 4. The number of aromatic nitrogens is 2. The van der Waals surface area contributed by atoms with Crippen molar-refractivity contribution in [3.05, 3.63) is 24.3 Å². The number of nitrogens with one attached hydrogen (secondary N) is 3. The SMILES string of the molecule is C1CCCCC1.CCCC(NC(=O)C1C2CCCC2CN1C(=O)C(NC(=O)CNC(=O)c1cnccn1)C(C)(C)C)C(=O)O. The molecule has 1 aliphatic heterocycles. The van der Waals surface area contributed by atoms with E-state index in [9.17, 15) is 29.1 Å². The number of fused-ring (bicyclic) bond motifs is 1. The summed E-state index contributed by atoms with van der Waals surface area (Å²) in [4.78, 5) is 73.2. The van der Waals surface area contributed by atoms with Gasteiger partial charge in [-0.25, -0.2) is 9.78 Å². The fourth-order valence-corrected chi connectivity index (χ4v) is 6.43. The molecule has 244 valence electrons. The number of likely N-dealkylation sites (tertiary alicyclic amines) is 1. The van der Waals surface area contributed by atoms with E-state index in [1.807, 2.05) is 27.7 Å². The minimum absolute atomic E-state index is 0.0578. The summed E-state index contributed by atoms with van der Waals surface area (Å²) in [6, 6.07) is -2.80. The Labute approximate surface area is 260 Å². The third kappa shape index (κ3) is 9.72. The monoisotopic (exact) mass is 614 g/mol. The molecule has 1 saturated heterocycles. The highest BCUT2D eigenvalue weighted by Crippen LogP contribution is 2.43. The van der Waals surface area contributed by atoms with Crippen LogP contribution >= 0.6 is 0 Å². The zero-order valence-electron chi connectivity index (χ0n) is 26.6. The van der Waals surface area contributed by atoms with Gasteiger partial charge < -0.3 is 26.0 Å². The zero-order valence-corrected chi connectivity index (χ0v) is 26.6. The van der Waals surface area contributed by atoms with Gasteiger partial charge in [0.1, 0.15) is 23.8 Å². The van der Waals surface area contributed by atoms with Crippen LogP contribution < -0.4 is 16.0 Å². The number of aliphatic carboxylic acids is 1. The van der Waals surface area contributed by atoms with Gasteiger partial charge in [0.05, 0.1) is 12.7 Å². The normalized spacial score (nSPS) is 22.5. The lowest BCUT2D eigenvalue weighted by molar-refractivity contribution is -0.146. The number of carboxylic acids is 1. The van der Waals surface area contributed by atoms with Gasteiger partial charge in [-0.15, -0.1) is 0 Å². The summed E-state index contributed by atoms with van der Waals surface area (Å²) in [5.41, 5.74) is -0.643. The molecule has 3 aliphatic rings. The van der Waals surface area contributed by atoms with Crippen LogP contribution in [0.5, 0.6) is 0 Å². The average molecular weight is 615 g/mol. The van der Waals surface area contributed by atoms with Crippen LogP contribution in [0.4, 0.5) is 0 Å². The third-order valence-corrected chi connectivity index (χ3v) is 8.76. The van der Waals surface area contributed by atoms with Crippen LogP contribution in [0.15, 0.2) is 18.6 Å². The van der Waals surface area contributed by atoms with E-state index in [0.717, 1.165) is 19.3 Å². The summed E-state index contributed by atoms with van der Waals surface area (Å²) in [5, 5.41) is 17.4. The van der Waals surface area contributed by atoms with Gasteiger partial charge in [0.15, 0.2) is 0 Å². The van der Waals surface area contributed by atoms with Crippen molar-refractivity contribution in [3.63, 3.8) is 0 Å². The molecule has 12 heteroatoms. The van der Waals surface area contributed by atoms with Crippen molar-refractivity contribution >= 4 is 29.6 Å². The highest BCUT2D eigenvalue weighted by molar-refractivity contribution is 5.97. The van der Waals surface area contributed by atoms with Gasteiger partial charge in [0.2, 0.25) is 17.7 Å². The Kier molecular flexibility index (Phi) is 13.1. The van der Waals surface area contributed by atoms with E-state index in [4.69, 9.17) is 0 Å². The standard InChI is InChI=1S/C26H38N6O6.C6H12/c1-5-7-17(25(37)38)30-23(35)20-16-9-6-8-15(16)14-32(20)24(36)21(26(2,3)4)31-19(33)13-29-22(34)18-12-27-10-11-28-18;1-2-4-6-5-3-1/h10-12,15-17,20-21H,5-9,13-14H2,1-4H3,(H,29,34)(H,30,35)(H,31,33)(H,37,38);1-6H2. The molecular formula is C32H50N6O6. The van der Waals surface area contributed by atoms with Crippen molar-refractivity contribution in [2.75, 3.05) is 13.1 Å². The highest BCUT2D eigenvalue weighted by atomic mass is 16.4. The molecule has 0 spiro atoms. The van der Waals surface area contributed by atoms with Crippen LogP contribution in [-0.4, -0.2) is 80.8 Å². The van der Waals surface area contributed by atoms with E-state index in [0.29, 0.717) is 13.0 Å². The van der Waals surface area contributed by atoms with Gasteiger partial charge >= 0.3 is 5.97 Å². The summed E-state index contributed by atoms with van der Waals surface area (Å²) in [5.74, 6) is -3.03. The first-order chi connectivity index (χ1) is 20.9. The maximum Gasteiger partial charge on any atom is 0.326 e. The van der Waals surface area contributed by atoms with E-state index < -0.39 is 53.1 Å². The van der Waals surface area contributed by atoms with Gasteiger partial charge in [0.25, 0.3) is 5.91 Å². The number of carboxylic acid groups (broad SMARTS) is 1. The van der Waals surface area contributed by atoms with Crippen LogP contribution in [0.1, 0.15) is 109 Å². The highest BCUT2D eigenvalue weighted by Gasteiger charge is 2.52. The minimum Gasteiger partial charge on any atom is -0.480 e. The smallest absolute Gasteiger partial charge is 0.326 e. The van der Waals surface area contributed by atoms with Gasteiger partial charge in [-0.05, 0) is 36.5 Å². The van der Waals surface area contributed by atoms with Crippen molar-refractivity contribution in [1.29, 1.82) is 0 Å². The van der Waals surface area contributed by atoms with Crippen LogP contribution in [-0.2, 0) is 19.2 Å². The minimum atomic E-state index is -1.11. The molecule has 0 aromatic carbocycles. The Bertz CT molecular complexity index is 1120. The molecular weight excluding hydrogens is 564 g/mol. The second kappa shape index (κ2) is 16.5. The third-order valence-electron chi connectivity index (χ3n) is 8.76. The van der Waals surface area contributed by atoms with E-state index in [-0.39, 0.29) is 30.5 Å². The number of carbonyl (C=O) groups excluding carboxylic acids is 4. The second-order valence-corrected chi connectivity index (χ2v) is 13.2. The second-order valence-electron chi connectivity index (χ2n) is 13.2. The fraction of sp³-hybridized carbons (Fsp3) is 0.719. The van der Waals surface area contributed by atoms with Crippen molar-refractivity contribution in [3.8, 4) is 0 Å². The predicted octanol–water partition coefficient (Wildman–Crippen LogP) is 3.07. The molecule has 4 amide bonds. The molecule has 1 aromatic rings. The summed E-state index contributed by atoms with van der Waals surface area (Å²) < 4.78 is 0. The van der Waals surface area contributed by atoms with Gasteiger partial charge in [-0.1, -0.05) is 79.1 Å².